The monoisotopic (exact) mass is 443 g/mol. The number of para-hydroxylation sites is 1. The van der Waals surface area contributed by atoms with Gasteiger partial charge >= 0.3 is 0 Å². The minimum atomic E-state index is -0.00966. The third-order valence-electron chi connectivity index (χ3n) is 5.32. The molecule has 2 amide bonds. The van der Waals surface area contributed by atoms with E-state index in [1.165, 1.54) is 0 Å². The number of rotatable bonds is 9. The lowest BCUT2D eigenvalue weighted by Crippen LogP contribution is -2.46. The van der Waals surface area contributed by atoms with Crippen LogP contribution in [0.4, 0.5) is 5.69 Å². The van der Waals surface area contributed by atoms with E-state index in [-0.39, 0.29) is 17.9 Å². The molecule has 0 spiro atoms. The van der Waals surface area contributed by atoms with Gasteiger partial charge in [-0.15, -0.1) is 0 Å². The normalized spacial score (nSPS) is 14.8. The fraction of sp³-hybridized carbons (Fsp3) is 0.417. The molecular formula is C24H30ClN3O3. The van der Waals surface area contributed by atoms with Crippen molar-refractivity contribution in [3.05, 3.63) is 59.1 Å². The summed E-state index contributed by atoms with van der Waals surface area (Å²) < 4.78 is 5.69. The molecule has 0 aliphatic carbocycles. The number of likely N-dealkylation sites (tertiary alicyclic amines) is 1. The van der Waals surface area contributed by atoms with Gasteiger partial charge in [0.1, 0.15) is 5.75 Å². The highest BCUT2D eigenvalue weighted by atomic mass is 35.5. The molecule has 1 aliphatic rings. The summed E-state index contributed by atoms with van der Waals surface area (Å²) in [6.07, 6.45) is 2.80. The number of benzene rings is 2. The van der Waals surface area contributed by atoms with E-state index < -0.39 is 0 Å². The van der Waals surface area contributed by atoms with Crippen LogP contribution in [0.3, 0.4) is 0 Å². The summed E-state index contributed by atoms with van der Waals surface area (Å²) in [6.45, 7) is 4.39. The molecular weight excluding hydrogens is 414 g/mol. The number of anilines is 1. The van der Waals surface area contributed by atoms with Crippen molar-refractivity contribution in [3.8, 4) is 5.75 Å². The second-order valence-electron chi connectivity index (χ2n) is 7.90. The number of carbonyl (C=O) groups excluding carboxylic acids is 2. The first kappa shape index (κ1) is 23.1. The molecule has 2 N–H and O–H groups in total. The van der Waals surface area contributed by atoms with Crippen LogP contribution in [0.1, 0.15) is 31.2 Å². The molecule has 3 rings (SSSR count). The van der Waals surface area contributed by atoms with Gasteiger partial charge in [-0.25, -0.2) is 0 Å². The molecule has 7 heteroatoms. The van der Waals surface area contributed by atoms with Gasteiger partial charge in [0.05, 0.1) is 13.2 Å². The van der Waals surface area contributed by atoms with Gasteiger partial charge in [-0.05, 0) is 62.1 Å². The fourth-order valence-electron chi connectivity index (χ4n) is 3.59. The number of carbonyl (C=O) groups is 2. The van der Waals surface area contributed by atoms with Crippen LogP contribution < -0.4 is 15.4 Å². The van der Waals surface area contributed by atoms with E-state index in [0.717, 1.165) is 48.0 Å². The summed E-state index contributed by atoms with van der Waals surface area (Å²) >= 11 is 6.01. The Morgan fingerprint density at radius 3 is 2.55 bits per heavy atom. The Morgan fingerprint density at radius 1 is 1.10 bits per heavy atom. The summed E-state index contributed by atoms with van der Waals surface area (Å²) in [5, 5.41) is 6.74. The number of hydrogen-bond acceptors (Lipinski definition) is 4. The Bertz CT molecular complexity index is 868. The van der Waals surface area contributed by atoms with Crippen molar-refractivity contribution in [3.63, 3.8) is 0 Å². The summed E-state index contributed by atoms with van der Waals surface area (Å²) in [5.41, 5.74) is 1.78. The molecule has 0 unspecified atom stereocenters. The van der Waals surface area contributed by atoms with Gasteiger partial charge in [-0.2, -0.15) is 0 Å². The first-order valence-corrected chi connectivity index (χ1v) is 11.1. The van der Waals surface area contributed by atoms with E-state index in [0.29, 0.717) is 26.0 Å². The molecule has 0 bridgehead atoms. The van der Waals surface area contributed by atoms with Gasteiger partial charge < -0.3 is 15.4 Å². The number of halogens is 1. The van der Waals surface area contributed by atoms with Gasteiger partial charge in [0.2, 0.25) is 11.8 Å². The number of hydrogen-bond donors (Lipinski definition) is 2. The highest BCUT2D eigenvalue weighted by molar-refractivity contribution is 6.31. The Labute approximate surface area is 188 Å². The number of nitrogens with zero attached hydrogens (tertiary/aromatic N) is 1. The molecule has 1 heterocycles. The number of piperidine rings is 1. The van der Waals surface area contributed by atoms with Crippen molar-refractivity contribution < 1.29 is 14.3 Å². The Hall–Kier alpha value is -2.57. The molecule has 2 aromatic rings. The molecule has 0 saturated carbocycles. The van der Waals surface area contributed by atoms with Crippen molar-refractivity contribution in [2.75, 3.05) is 31.6 Å². The average Bonchev–Trinajstić information content (AvgIpc) is 2.76. The molecule has 0 aromatic heterocycles. The summed E-state index contributed by atoms with van der Waals surface area (Å²) in [7, 11) is 0. The van der Waals surface area contributed by atoms with Crippen molar-refractivity contribution >= 4 is 29.1 Å². The Kier molecular flexibility index (Phi) is 8.74. The quantitative estimate of drug-likeness (QED) is 0.574. The van der Waals surface area contributed by atoms with Crippen LogP contribution in [0, 0.1) is 6.92 Å². The number of ether oxygens (including phenoxy) is 1. The minimum absolute atomic E-state index is 0.00966. The molecule has 166 valence electrons. The maximum Gasteiger partial charge on any atom is 0.238 e. The van der Waals surface area contributed by atoms with E-state index in [1.807, 2.05) is 55.5 Å². The minimum Gasteiger partial charge on any atom is -0.494 e. The number of amides is 2. The third kappa shape index (κ3) is 7.89. The van der Waals surface area contributed by atoms with Crippen LogP contribution in [0.5, 0.6) is 5.75 Å². The van der Waals surface area contributed by atoms with Crippen molar-refractivity contribution in [2.45, 2.75) is 38.6 Å². The van der Waals surface area contributed by atoms with Crippen molar-refractivity contribution in [1.82, 2.24) is 10.2 Å². The third-order valence-corrected chi connectivity index (χ3v) is 5.75. The first-order chi connectivity index (χ1) is 15.0. The lowest BCUT2D eigenvalue weighted by Gasteiger charge is -2.31. The highest BCUT2D eigenvalue weighted by Crippen LogP contribution is 2.21. The van der Waals surface area contributed by atoms with Gasteiger partial charge in [0.25, 0.3) is 0 Å². The zero-order valence-electron chi connectivity index (χ0n) is 17.9. The average molecular weight is 444 g/mol. The summed E-state index contributed by atoms with van der Waals surface area (Å²) in [4.78, 5) is 26.5. The maximum absolute atomic E-state index is 12.2. The SMILES string of the molecule is Cc1cc(OCCCC(=O)NC2CCN(CC(=O)Nc3ccccc3)CC2)ccc1Cl. The molecule has 1 fully saturated rings. The first-order valence-electron chi connectivity index (χ1n) is 10.7. The number of nitrogens with one attached hydrogen (secondary N) is 2. The van der Waals surface area contributed by atoms with E-state index in [1.54, 1.807) is 0 Å². The Balaban J connectivity index is 1.28. The summed E-state index contributed by atoms with van der Waals surface area (Å²) in [6, 6.07) is 15.2. The second kappa shape index (κ2) is 11.7. The van der Waals surface area contributed by atoms with Crippen LogP contribution in [0.2, 0.25) is 5.02 Å². The predicted octanol–water partition coefficient (Wildman–Crippen LogP) is 4.03. The fourth-order valence-corrected chi connectivity index (χ4v) is 3.71. The van der Waals surface area contributed by atoms with Crippen LogP contribution in [-0.2, 0) is 9.59 Å². The molecule has 2 aromatic carbocycles. The lowest BCUT2D eigenvalue weighted by atomic mass is 10.0. The summed E-state index contributed by atoms with van der Waals surface area (Å²) in [5.74, 6) is 0.812. The zero-order valence-corrected chi connectivity index (χ0v) is 18.7. The molecule has 31 heavy (non-hydrogen) atoms. The Morgan fingerprint density at radius 2 is 1.84 bits per heavy atom. The van der Waals surface area contributed by atoms with Gasteiger partial charge in [-0.3, -0.25) is 14.5 Å². The van der Waals surface area contributed by atoms with E-state index >= 15 is 0 Å². The van der Waals surface area contributed by atoms with Crippen molar-refractivity contribution in [1.29, 1.82) is 0 Å². The number of aryl methyl sites for hydroxylation is 1. The maximum atomic E-state index is 12.2. The highest BCUT2D eigenvalue weighted by Gasteiger charge is 2.22. The van der Waals surface area contributed by atoms with Gasteiger partial charge in [0.15, 0.2) is 0 Å². The smallest absolute Gasteiger partial charge is 0.238 e. The molecule has 0 radical (unpaired) electrons. The van der Waals surface area contributed by atoms with Crippen LogP contribution >= 0.6 is 11.6 Å². The van der Waals surface area contributed by atoms with Crippen LogP contribution in [-0.4, -0.2) is 49.0 Å². The molecule has 1 aliphatic heterocycles. The zero-order chi connectivity index (χ0) is 22.1. The van der Waals surface area contributed by atoms with E-state index in [4.69, 9.17) is 16.3 Å². The van der Waals surface area contributed by atoms with Gasteiger partial charge in [0, 0.05) is 36.3 Å². The van der Waals surface area contributed by atoms with E-state index in [9.17, 15) is 9.59 Å². The lowest BCUT2D eigenvalue weighted by molar-refractivity contribution is -0.123. The molecule has 6 nitrogen and oxygen atoms in total. The molecule has 1 saturated heterocycles. The topological polar surface area (TPSA) is 70.7 Å². The second-order valence-corrected chi connectivity index (χ2v) is 8.30. The van der Waals surface area contributed by atoms with Gasteiger partial charge in [-0.1, -0.05) is 29.8 Å². The van der Waals surface area contributed by atoms with E-state index in [2.05, 4.69) is 15.5 Å². The van der Waals surface area contributed by atoms with Crippen LogP contribution in [0.25, 0.3) is 0 Å². The van der Waals surface area contributed by atoms with Crippen molar-refractivity contribution in [2.24, 2.45) is 0 Å². The standard InChI is InChI=1S/C24H30ClN3O3/c1-18-16-21(9-10-22(18)25)31-15-5-8-23(29)26-20-11-13-28(14-12-20)17-24(30)27-19-6-3-2-4-7-19/h2-4,6-7,9-10,16,20H,5,8,11-15,17H2,1H3,(H,26,29)(H,27,30). The largest absolute Gasteiger partial charge is 0.494 e. The molecule has 0 atom stereocenters. The predicted molar refractivity (Wildman–Crippen MR) is 124 cm³/mol. The van der Waals surface area contributed by atoms with Crippen LogP contribution in [0.15, 0.2) is 48.5 Å².